The minimum atomic E-state index is 0.145. The van der Waals surface area contributed by atoms with E-state index in [1.807, 2.05) is 30.3 Å². The Kier molecular flexibility index (Phi) is 4.98. The van der Waals surface area contributed by atoms with Crippen LogP contribution in [0.2, 0.25) is 0 Å². The van der Waals surface area contributed by atoms with Crippen LogP contribution in [0.15, 0.2) is 30.3 Å². The number of benzene rings is 1. The van der Waals surface area contributed by atoms with Crippen molar-refractivity contribution in [3.8, 4) is 5.75 Å². The summed E-state index contributed by atoms with van der Waals surface area (Å²) in [4.78, 5) is 12.3. The van der Waals surface area contributed by atoms with Crippen LogP contribution < -0.4 is 15.8 Å². The molecule has 2 aliphatic carbocycles. The highest BCUT2D eigenvalue weighted by Gasteiger charge is 2.40. The van der Waals surface area contributed by atoms with E-state index in [1.54, 1.807) is 0 Å². The average molecular weight is 302 g/mol. The molecule has 3 rings (SSSR count). The number of nitrogens with one attached hydrogen (secondary N) is 1. The van der Waals surface area contributed by atoms with Crippen molar-refractivity contribution in [2.24, 2.45) is 23.5 Å². The number of hydrogen-bond donors (Lipinski definition) is 2. The molecule has 22 heavy (non-hydrogen) atoms. The zero-order valence-electron chi connectivity index (χ0n) is 13.0. The molecule has 2 atom stereocenters. The Hall–Kier alpha value is -1.55. The topological polar surface area (TPSA) is 64.4 Å². The molecule has 1 amide bonds. The minimum Gasteiger partial charge on any atom is -0.492 e. The highest BCUT2D eigenvalue weighted by Crippen LogP contribution is 2.41. The zero-order chi connectivity index (χ0) is 15.4. The molecule has 0 radical (unpaired) electrons. The molecule has 2 fully saturated rings. The van der Waals surface area contributed by atoms with Crippen molar-refractivity contribution in [3.05, 3.63) is 30.3 Å². The monoisotopic (exact) mass is 302 g/mol. The fourth-order valence-electron chi connectivity index (χ4n) is 4.01. The van der Waals surface area contributed by atoms with Crippen molar-refractivity contribution < 1.29 is 9.53 Å². The summed E-state index contributed by atoms with van der Waals surface area (Å²) in [5, 5.41) is 3.02. The van der Waals surface area contributed by atoms with E-state index in [-0.39, 0.29) is 11.8 Å². The van der Waals surface area contributed by atoms with E-state index in [0.717, 1.165) is 18.6 Å². The molecule has 2 saturated carbocycles. The Bertz CT molecular complexity index is 477. The first-order valence-electron chi connectivity index (χ1n) is 8.45. The van der Waals surface area contributed by atoms with E-state index in [1.165, 1.54) is 19.3 Å². The molecular weight excluding hydrogens is 276 g/mol. The van der Waals surface area contributed by atoms with Gasteiger partial charge in [0.1, 0.15) is 12.4 Å². The average Bonchev–Trinajstić information content (AvgIpc) is 2.52. The molecule has 4 heteroatoms. The fraction of sp³-hybridized carbons (Fsp3) is 0.611. The molecule has 0 saturated heterocycles. The van der Waals surface area contributed by atoms with Crippen molar-refractivity contribution in [1.29, 1.82) is 0 Å². The Morgan fingerprint density at radius 2 is 1.86 bits per heavy atom. The van der Waals surface area contributed by atoms with Crippen molar-refractivity contribution >= 4 is 5.91 Å². The van der Waals surface area contributed by atoms with Crippen LogP contribution >= 0.6 is 0 Å². The summed E-state index contributed by atoms with van der Waals surface area (Å²) in [6.45, 7) is 1.07. The van der Waals surface area contributed by atoms with E-state index >= 15 is 0 Å². The maximum Gasteiger partial charge on any atom is 0.223 e. The summed E-state index contributed by atoms with van der Waals surface area (Å²) < 4.78 is 5.60. The molecular formula is C18H26N2O2. The van der Waals surface area contributed by atoms with Gasteiger partial charge in [-0.15, -0.1) is 0 Å². The molecule has 0 heterocycles. The van der Waals surface area contributed by atoms with E-state index in [4.69, 9.17) is 10.5 Å². The van der Waals surface area contributed by atoms with Gasteiger partial charge < -0.3 is 15.8 Å². The zero-order valence-corrected chi connectivity index (χ0v) is 13.0. The second kappa shape index (κ2) is 7.14. The van der Waals surface area contributed by atoms with Gasteiger partial charge in [-0.3, -0.25) is 4.79 Å². The largest absolute Gasteiger partial charge is 0.492 e. The van der Waals surface area contributed by atoms with Gasteiger partial charge >= 0.3 is 0 Å². The highest BCUT2D eigenvalue weighted by molar-refractivity contribution is 5.78. The normalized spacial score (nSPS) is 30.6. The van der Waals surface area contributed by atoms with E-state index in [9.17, 15) is 4.79 Å². The predicted octanol–water partition coefficient (Wildman–Crippen LogP) is 2.34. The summed E-state index contributed by atoms with van der Waals surface area (Å²) in [5.74, 6) is 2.26. The van der Waals surface area contributed by atoms with Gasteiger partial charge in [-0.05, 0) is 49.7 Å². The third kappa shape index (κ3) is 3.61. The number of ether oxygens (including phenoxy) is 1. The molecule has 1 aromatic rings. The minimum absolute atomic E-state index is 0.145. The number of carbonyl (C=O) groups is 1. The standard InChI is InChI=1S/C18H26N2O2/c19-17-13-5-4-6-14(17)12-15(11-13)18(21)20-9-10-22-16-7-2-1-3-8-16/h1-3,7-8,13-15,17H,4-6,9-12,19H2,(H,20,21). The number of para-hydroxylation sites is 1. The third-order valence-corrected chi connectivity index (χ3v) is 5.20. The van der Waals surface area contributed by atoms with Crippen LogP contribution in [0.5, 0.6) is 5.75 Å². The van der Waals surface area contributed by atoms with Crippen LogP contribution in [-0.4, -0.2) is 25.1 Å². The Labute approximate surface area is 132 Å². The quantitative estimate of drug-likeness (QED) is 0.821. The number of hydrogen-bond acceptors (Lipinski definition) is 3. The van der Waals surface area contributed by atoms with Gasteiger partial charge in [0.2, 0.25) is 5.91 Å². The number of carbonyl (C=O) groups excluding carboxylic acids is 1. The Balaban J connectivity index is 1.41. The number of rotatable bonds is 5. The smallest absolute Gasteiger partial charge is 0.223 e. The predicted molar refractivity (Wildman–Crippen MR) is 86.5 cm³/mol. The molecule has 2 unspecified atom stereocenters. The third-order valence-electron chi connectivity index (χ3n) is 5.20. The maximum atomic E-state index is 12.3. The lowest BCUT2D eigenvalue weighted by Crippen LogP contribution is -2.49. The maximum absolute atomic E-state index is 12.3. The van der Waals surface area contributed by atoms with Gasteiger partial charge in [-0.1, -0.05) is 24.6 Å². The fourth-order valence-corrected chi connectivity index (χ4v) is 4.01. The van der Waals surface area contributed by atoms with E-state index in [0.29, 0.717) is 31.0 Å². The van der Waals surface area contributed by atoms with Gasteiger partial charge in [0, 0.05) is 12.0 Å². The molecule has 2 bridgehead atoms. The first kappa shape index (κ1) is 15.3. The first-order chi connectivity index (χ1) is 10.7. The van der Waals surface area contributed by atoms with Gasteiger partial charge in [0.25, 0.3) is 0 Å². The van der Waals surface area contributed by atoms with Crippen LogP contribution in [0, 0.1) is 17.8 Å². The number of amides is 1. The van der Waals surface area contributed by atoms with Crippen LogP contribution in [-0.2, 0) is 4.79 Å². The number of fused-ring (bicyclic) bond motifs is 2. The van der Waals surface area contributed by atoms with Crippen LogP contribution in [0.1, 0.15) is 32.1 Å². The van der Waals surface area contributed by atoms with Gasteiger partial charge in [0.05, 0.1) is 6.54 Å². The van der Waals surface area contributed by atoms with Crippen LogP contribution in [0.3, 0.4) is 0 Å². The van der Waals surface area contributed by atoms with Gasteiger partial charge in [-0.25, -0.2) is 0 Å². The van der Waals surface area contributed by atoms with E-state index in [2.05, 4.69) is 5.32 Å². The van der Waals surface area contributed by atoms with Crippen LogP contribution in [0.4, 0.5) is 0 Å². The summed E-state index contributed by atoms with van der Waals surface area (Å²) in [6.07, 6.45) is 5.59. The Morgan fingerprint density at radius 1 is 1.18 bits per heavy atom. The molecule has 4 nitrogen and oxygen atoms in total. The molecule has 2 aliphatic rings. The summed E-state index contributed by atoms with van der Waals surface area (Å²) >= 11 is 0. The molecule has 3 N–H and O–H groups in total. The lowest BCUT2D eigenvalue weighted by Gasteiger charge is -2.43. The summed E-state index contributed by atoms with van der Waals surface area (Å²) in [7, 11) is 0. The van der Waals surface area contributed by atoms with Crippen molar-refractivity contribution in [2.45, 2.75) is 38.1 Å². The van der Waals surface area contributed by atoms with Gasteiger partial charge in [-0.2, -0.15) is 0 Å². The lowest BCUT2D eigenvalue weighted by atomic mass is 9.65. The molecule has 0 aliphatic heterocycles. The second-order valence-electron chi connectivity index (χ2n) is 6.65. The van der Waals surface area contributed by atoms with Crippen molar-refractivity contribution in [3.63, 3.8) is 0 Å². The summed E-state index contributed by atoms with van der Waals surface area (Å²) in [6, 6.07) is 10.0. The van der Waals surface area contributed by atoms with Crippen LogP contribution in [0.25, 0.3) is 0 Å². The molecule has 120 valence electrons. The highest BCUT2D eigenvalue weighted by atomic mass is 16.5. The van der Waals surface area contributed by atoms with E-state index < -0.39 is 0 Å². The molecule has 1 aromatic carbocycles. The molecule has 0 spiro atoms. The number of nitrogens with two attached hydrogens (primary N) is 1. The first-order valence-corrected chi connectivity index (χ1v) is 8.45. The SMILES string of the molecule is NC1C2CCCC1CC(C(=O)NCCOc1ccccc1)C2. The summed E-state index contributed by atoms with van der Waals surface area (Å²) in [5.41, 5.74) is 6.28. The second-order valence-corrected chi connectivity index (χ2v) is 6.65. The lowest BCUT2D eigenvalue weighted by molar-refractivity contribution is -0.128. The van der Waals surface area contributed by atoms with Crippen molar-refractivity contribution in [1.82, 2.24) is 5.32 Å². The van der Waals surface area contributed by atoms with Gasteiger partial charge in [0.15, 0.2) is 0 Å². The van der Waals surface area contributed by atoms with Crippen molar-refractivity contribution in [2.75, 3.05) is 13.2 Å². The molecule has 0 aromatic heterocycles. The Morgan fingerprint density at radius 3 is 2.55 bits per heavy atom.